The van der Waals surface area contributed by atoms with Crippen LogP contribution in [0, 0.1) is 0 Å². The van der Waals surface area contributed by atoms with Gasteiger partial charge in [-0.1, -0.05) is 66.2 Å². The van der Waals surface area contributed by atoms with Crippen molar-refractivity contribution in [2.75, 3.05) is 0 Å². The zero-order valence-corrected chi connectivity index (χ0v) is 14.4. The van der Waals surface area contributed by atoms with Crippen molar-refractivity contribution < 1.29 is 0 Å². The van der Waals surface area contributed by atoms with Crippen molar-refractivity contribution in [2.24, 2.45) is 0 Å². The van der Waals surface area contributed by atoms with E-state index in [-0.39, 0.29) is 0 Å². The molecule has 5 rings (SSSR count). The molecule has 0 aliphatic rings. The average Bonchev–Trinajstić information content (AvgIpc) is 3.00. The van der Waals surface area contributed by atoms with Gasteiger partial charge in [-0.25, -0.2) is 0 Å². The van der Waals surface area contributed by atoms with Crippen LogP contribution < -0.4 is 0 Å². The van der Waals surface area contributed by atoms with E-state index in [0.29, 0.717) is 0 Å². The average molecular weight is 345 g/mol. The van der Waals surface area contributed by atoms with E-state index in [0.717, 1.165) is 10.6 Å². The van der Waals surface area contributed by atoms with Crippen LogP contribution in [0.15, 0.2) is 78.9 Å². The molecular formula is C22H13ClS. The van der Waals surface area contributed by atoms with E-state index in [4.69, 9.17) is 11.6 Å². The molecule has 0 saturated carbocycles. The summed E-state index contributed by atoms with van der Waals surface area (Å²) in [6.07, 6.45) is 0. The molecular weight excluding hydrogens is 332 g/mol. The van der Waals surface area contributed by atoms with Gasteiger partial charge in [0.1, 0.15) is 0 Å². The summed E-state index contributed by atoms with van der Waals surface area (Å²) in [4.78, 5) is 0. The monoisotopic (exact) mass is 344 g/mol. The summed E-state index contributed by atoms with van der Waals surface area (Å²) in [5, 5.41) is 6.05. The van der Waals surface area contributed by atoms with Crippen molar-refractivity contribution >= 4 is 53.9 Å². The molecule has 0 aliphatic carbocycles. The van der Waals surface area contributed by atoms with Gasteiger partial charge in [-0.2, -0.15) is 0 Å². The standard InChI is InChI=1S/C22H13ClS/c23-17-6-3-5-15(12-17)16-9-11-21-20(13-16)19-10-8-14-4-1-2-7-18(14)22(19)24-21/h1-13H. The van der Waals surface area contributed by atoms with Crippen LogP contribution in [0.5, 0.6) is 0 Å². The SMILES string of the molecule is Clc1cccc(-c2ccc3sc4c5ccccc5ccc4c3c2)c1. The zero-order valence-electron chi connectivity index (χ0n) is 12.8. The fourth-order valence-corrected chi connectivity index (χ4v) is 4.76. The lowest BCUT2D eigenvalue weighted by Crippen LogP contribution is -1.77. The lowest BCUT2D eigenvalue weighted by molar-refractivity contribution is 1.65. The van der Waals surface area contributed by atoms with Crippen LogP contribution in [-0.2, 0) is 0 Å². The second kappa shape index (κ2) is 5.34. The molecule has 24 heavy (non-hydrogen) atoms. The van der Waals surface area contributed by atoms with Gasteiger partial charge in [-0.15, -0.1) is 11.3 Å². The minimum Gasteiger partial charge on any atom is -0.135 e. The first-order chi connectivity index (χ1) is 11.8. The molecule has 0 unspecified atom stereocenters. The molecule has 114 valence electrons. The molecule has 2 heteroatoms. The minimum absolute atomic E-state index is 0.772. The second-order valence-corrected chi connectivity index (χ2v) is 7.48. The maximum atomic E-state index is 6.15. The molecule has 0 bridgehead atoms. The minimum atomic E-state index is 0.772. The smallest absolute Gasteiger partial charge is 0.0433 e. The third-order valence-corrected chi connectivity index (χ3v) is 5.97. The molecule has 0 aliphatic heterocycles. The second-order valence-electron chi connectivity index (χ2n) is 5.99. The zero-order chi connectivity index (χ0) is 16.1. The van der Waals surface area contributed by atoms with E-state index >= 15 is 0 Å². The quantitative estimate of drug-likeness (QED) is 0.295. The summed E-state index contributed by atoms with van der Waals surface area (Å²) in [6, 6.07) is 27.8. The van der Waals surface area contributed by atoms with Crippen molar-refractivity contribution in [3.05, 3.63) is 83.9 Å². The number of halogens is 1. The Bertz CT molecular complexity index is 1220. The molecule has 0 atom stereocenters. The summed E-state index contributed by atoms with van der Waals surface area (Å²) in [6.45, 7) is 0. The summed E-state index contributed by atoms with van der Waals surface area (Å²) < 4.78 is 2.69. The number of thiophene rings is 1. The Balaban J connectivity index is 1.83. The Hall–Kier alpha value is -2.35. The summed E-state index contributed by atoms with van der Waals surface area (Å²) in [5.41, 5.74) is 2.36. The molecule has 5 aromatic rings. The van der Waals surface area contributed by atoms with Crippen molar-refractivity contribution in [2.45, 2.75) is 0 Å². The predicted molar refractivity (Wildman–Crippen MR) is 107 cm³/mol. The maximum Gasteiger partial charge on any atom is 0.0433 e. The highest BCUT2D eigenvalue weighted by Crippen LogP contribution is 2.40. The van der Waals surface area contributed by atoms with Crippen molar-refractivity contribution in [3.8, 4) is 11.1 Å². The number of fused-ring (bicyclic) bond motifs is 5. The van der Waals surface area contributed by atoms with Gasteiger partial charge in [0.05, 0.1) is 0 Å². The number of hydrogen-bond acceptors (Lipinski definition) is 1. The van der Waals surface area contributed by atoms with Gasteiger partial charge in [-0.05, 0) is 46.2 Å². The molecule has 0 fully saturated rings. The number of hydrogen-bond donors (Lipinski definition) is 0. The van der Waals surface area contributed by atoms with Crippen LogP contribution in [0.1, 0.15) is 0 Å². The molecule has 0 spiro atoms. The van der Waals surface area contributed by atoms with Gasteiger partial charge in [0.15, 0.2) is 0 Å². The van der Waals surface area contributed by atoms with E-state index in [1.165, 1.54) is 36.5 Å². The van der Waals surface area contributed by atoms with Crippen LogP contribution in [0.3, 0.4) is 0 Å². The number of rotatable bonds is 1. The molecule has 1 heterocycles. The van der Waals surface area contributed by atoms with Gasteiger partial charge >= 0.3 is 0 Å². The van der Waals surface area contributed by atoms with E-state index in [2.05, 4.69) is 60.7 Å². The Morgan fingerprint density at radius 1 is 0.625 bits per heavy atom. The molecule has 0 radical (unpaired) electrons. The van der Waals surface area contributed by atoms with E-state index in [9.17, 15) is 0 Å². The summed E-state index contributed by atoms with van der Waals surface area (Å²) >= 11 is 8.03. The molecule has 4 aromatic carbocycles. The van der Waals surface area contributed by atoms with Gasteiger partial charge in [0.25, 0.3) is 0 Å². The van der Waals surface area contributed by atoms with Crippen molar-refractivity contribution in [3.63, 3.8) is 0 Å². The van der Waals surface area contributed by atoms with Crippen molar-refractivity contribution in [1.82, 2.24) is 0 Å². The normalized spacial score (nSPS) is 11.5. The maximum absolute atomic E-state index is 6.15. The largest absolute Gasteiger partial charge is 0.135 e. The Morgan fingerprint density at radius 3 is 2.42 bits per heavy atom. The fraction of sp³-hybridized carbons (Fsp3) is 0. The number of benzene rings is 4. The Kier molecular flexibility index (Phi) is 3.12. The topological polar surface area (TPSA) is 0 Å². The highest BCUT2D eigenvalue weighted by molar-refractivity contribution is 7.26. The van der Waals surface area contributed by atoms with E-state index < -0.39 is 0 Å². The molecule has 0 nitrogen and oxygen atoms in total. The van der Waals surface area contributed by atoms with Gasteiger partial charge < -0.3 is 0 Å². The first kappa shape index (κ1) is 14.0. The third-order valence-electron chi connectivity index (χ3n) is 4.52. The predicted octanol–water partition coefficient (Wildman–Crippen LogP) is 7.53. The lowest BCUT2D eigenvalue weighted by atomic mass is 10.0. The molecule has 0 amide bonds. The summed E-state index contributed by atoms with van der Waals surface area (Å²) in [5.74, 6) is 0. The van der Waals surface area contributed by atoms with Crippen molar-refractivity contribution in [1.29, 1.82) is 0 Å². The van der Waals surface area contributed by atoms with Gasteiger partial charge in [0, 0.05) is 25.2 Å². The third kappa shape index (κ3) is 2.13. The lowest BCUT2D eigenvalue weighted by Gasteiger charge is -2.03. The van der Waals surface area contributed by atoms with Gasteiger partial charge in [-0.3, -0.25) is 0 Å². The van der Waals surface area contributed by atoms with Crippen LogP contribution in [0.25, 0.3) is 42.1 Å². The van der Waals surface area contributed by atoms with Crippen LogP contribution in [0.4, 0.5) is 0 Å². The Morgan fingerprint density at radius 2 is 1.50 bits per heavy atom. The first-order valence-corrected chi connectivity index (χ1v) is 9.09. The van der Waals surface area contributed by atoms with Crippen LogP contribution >= 0.6 is 22.9 Å². The Labute approximate surface area is 148 Å². The fourth-order valence-electron chi connectivity index (χ4n) is 3.35. The molecule has 0 saturated heterocycles. The van der Waals surface area contributed by atoms with Gasteiger partial charge in [0.2, 0.25) is 0 Å². The van der Waals surface area contributed by atoms with Crippen LogP contribution in [0.2, 0.25) is 5.02 Å². The molecule has 1 aromatic heterocycles. The highest BCUT2D eigenvalue weighted by atomic mass is 35.5. The van der Waals surface area contributed by atoms with Crippen LogP contribution in [-0.4, -0.2) is 0 Å². The summed E-state index contributed by atoms with van der Waals surface area (Å²) in [7, 11) is 0. The molecule has 0 N–H and O–H groups in total. The van der Waals surface area contributed by atoms with E-state index in [1.54, 1.807) is 0 Å². The highest BCUT2D eigenvalue weighted by Gasteiger charge is 2.09. The first-order valence-electron chi connectivity index (χ1n) is 7.89. The van der Waals surface area contributed by atoms with E-state index in [1.807, 2.05) is 29.5 Å².